The summed E-state index contributed by atoms with van der Waals surface area (Å²) in [4.78, 5) is 8.10. The molecule has 0 aliphatic heterocycles. The van der Waals surface area contributed by atoms with Crippen LogP contribution in [-0.4, -0.2) is 9.97 Å². The van der Waals surface area contributed by atoms with Crippen molar-refractivity contribution >= 4 is 32.5 Å². The Kier molecular flexibility index (Phi) is 3.23. The highest BCUT2D eigenvalue weighted by atomic mass is 79.9. The van der Waals surface area contributed by atoms with Crippen LogP contribution in [0.25, 0.3) is 10.9 Å². The molecular formula is C14H9BrFN3O. The molecule has 20 heavy (non-hydrogen) atoms. The summed E-state index contributed by atoms with van der Waals surface area (Å²) in [5.41, 5.74) is 7.01. The average Bonchev–Trinajstić information content (AvgIpc) is 2.45. The molecule has 1 aromatic carbocycles. The molecule has 2 heterocycles. The highest BCUT2D eigenvalue weighted by Gasteiger charge is 2.11. The molecule has 100 valence electrons. The molecule has 0 amide bonds. The van der Waals surface area contributed by atoms with Gasteiger partial charge in [-0.3, -0.25) is 4.98 Å². The van der Waals surface area contributed by atoms with Crippen molar-refractivity contribution < 1.29 is 9.13 Å². The van der Waals surface area contributed by atoms with E-state index in [1.807, 2.05) is 6.07 Å². The first-order valence-electron chi connectivity index (χ1n) is 5.77. The van der Waals surface area contributed by atoms with Gasteiger partial charge < -0.3 is 10.5 Å². The van der Waals surface area contributed by atoms with E-state index in [4.69, 9.17) is 10.5 Å². The third-order valence-corrected chi connectivity index (χ3v) is 3.18. The van der Waals surface area contributed by atoms with Crippen LogP contribution in [-0.2, 0) is 0 Å². The Morgan fingerprint density at radius 2 is 2.05 bits per heavy atom. The number of anilines is 1. The molecule has 0 radical (unpaired) electrons. The number of fused-ring (bicyclic) bond motifs is 1. The number of halogens is 2. The predicted molar refractivity (Wildman–Crippen MR) is 78.1 cm³/mol. The Labute approximate surface area is 122 Å². The normalized spacial score (nSPS) is 10.7. The lowest BCUT2D eigenvalue weighted by Gasteiger charge is -2.09. The lowest BCUT2D eigenvalue weighted by molar-refractivity contribution is 0.426. The molecule has 6 heteroatoms. The summed E-state index contributed by atoms with van der Waals surface area (Å²) < 4.78 is 19.8. The second kappa shape index (κ2) is 5.05. The maximum Gasteiger partial charge on any atom is 0.255 e. The molecule has 4 nitrogen and oxygen atoms in total. The lowest BCUT2D eigenvalue weighted by atomic mass is 10.2. The van der Waals surface area contributed by atoms with Crippen molar-refractivity contribution in [3.05, 3.63) is 53.0 Å². The zero-order valence-electron chi connectivity index (χ0n) is 10.2. The van der Waals surface area contributed by atoms with Gasteiger partial charge in [0.2, 0.25) is 0 Å². The summed E-state index contributed by atoms with van der Waals surface area (Å²) in [6, 6.07) is 8.20. The molecule has 0 fully saturated rings. The third-order valence-electron chi connectivity index (χ3n) is 2.74. The first kappa shape index (κ1) is 12.8. The number of hydrogen-bond acceptors (Lipinski definition) is 4. The molecule has 2 aromatic heterocycles. The van der Waals surface area contributed by atoms with Crippen LogP contribution >= 0.6 is 15.9 Å². The minimum absolute atomic E-state index is 0.0943. The Balaban J connectivity index is 2.09. The highest BCUT2D eigenvalue weighted by Crippen LogP contribution is 2.32. The molecule has 0 atom stereocenters. The van der Waals surface area contributed by atoms with E-state index in [-0.39, 0.29) is 5.88 Å². The van der Waals surface area contributed by atoms with Gasteiger partial charge in [0.05, 0.1) is 11.2 Å². The van der Waals surface area contributed by atoms with Crippen LogP contribution in [0.4, 0.5) is 10.1 Å². The van der Waals surface area contributed by atoms with Gasteiger partial charge in [0.1, 0.15) is 5.75 Å². The zero-order valence-corrected chi connectivity index (χ0v) is 11.8. The van der Waals surface area contributed by atoms with Gasteiger partial charge in [0.15, 0.2) is 5.82 Å². The van der Waals surface area contributed by atoms with Crippen molar-refractivity contribution in [1.29, 1.82) is 0 Å². The SMILES string of the molecule is Nc1ccc(Oc2ncc(Br)cc2F)c2cccnc12. The maximum absolute atomic E-state index is 13.8. The van der Waals surface area contributed by atoms with E-state index in [0.717, 1.165) is 0 Å². The fraction of sp³-hybridized carbons (Fsp3) is 0. The Morgan fingerprint density at radius 1 is 1.20 bits per heavy atom. The van der Waals surface area contributed by atoms with Crippen LogP contribution in [0.2, 0.25) is 0 Å². The number of hydrogen-bond donors (Lipinski definition) is 1. The Morgan fingerprint density at radius 3 is 2.85 bits per heavy atom. The summed E-state index contributed by atoms with van der Waals surface area (Å²) in [6.07, 6.45) is 3.11. The minimum atomic E-state index is -0.548. The van der Waals surface area contributed by atoms with E-state index in [1.165, 1.54) is 12.3 Å². The quantitative estimate of drug-likeness (QED) is 0.722. The summed E-state index contributed by atoms with van der Waals surface area (Å²) in [7, 11) is 0. The van der Waals surface area contributed by atoms with E-state index in [2.05, 4.69) is 25.9 Å². The smallest absolute Gasteiger partial charge is 0.255 e. The molecular weight excluding hydrogens is 325 g/mol. The van der Waals surface area contributed by atoms with Gasteiger partial charge in [-0.1, -0.05) is 0 Å². The van der Waals surface area contributed by atoms with Crippen LogP contribution < -0.4 is 10.5 Å². The van der Waals surface area contributed by atoms with Crippen molar-refractivity contribution in [3.63, 3.8) is 0 Å². The summed E-state index contributed by atoms with van der Waals surface area (Å²) in [5, 5.41) is 0.705. The molecule has 0 bridgehead atoms. The Bertz CT molecular complexity index is 794. The third kappa shape index (κ3) is 2.30. The van der Waals surface area contributed by atoms with E-state index in [0.29, 0.717) is 26.8 Å². The molecule has 0 unspecified atom stereocenters. The van der Waals surface area contributed by atoms with E-state index in [1.54, 1.807) is 24.4 Å². The van der Waals surface area contributed by atoms with Gasteiger partial charge in [-0.2, -0.15) is 0 Å². The minimum Gasteiger partial charge on any atom is -0.436 e. The molecule has 3 aromatic rings. The number of pyridine rings is 2. The molecule has 0 spiro atoms. The number of ether oxygens (including phenoxy) is 1. The van der Waals surface area contributed by atoms with E-state index >= 15 is 0 Å². The van der Waals surface area contributed by atoms with Gasteiger partial charge in [0, 0.05) is 22.3 Å². The van der Waals surface area contributed by atoms with Gasteiger partial charge in [-0.15, -0.1) is 0 Å². The topological polar surface area (TPSA) is 61.0 Å². The largest absolute Gasteiger partial charge is 0.436 e. The van der Waals surface area contributed by atoms with Crippen molar-refractivity contribution in [3.8, 4) is 11.6 Å². The number of nitrogens with zero attached hydrogens (tertiary/aromatic N) is 2. The van der Waals surface area contributed by atoms with Crippen LogP contribution in [0.5, 0.6) is 11.6 Å². The van der Waals surface area contributed by atoms with Crippen LogP contribution in [0.1, 0.15) is 0 Å². The average molecular weight is 334 g/mol. The Hall–Kier alpha value is -2.21. The second-order valence-corrected chi connectivity index (χ2v) is 5.01. The maximum atomic E-state index is 13.8. The fourth-order valence-corrected chi connectivity index (χ4v) is 2.14. The van der Waals surface area contributed by atoms with Crippen molar-refractivity contribution in [1.82, 2.24) is 9.97 Å². The number of nitrogens with two attached hydrogens (primary N) is 1. The van der Waals surface area contributed by atoms with Crippen molar-refractivity contribution in [2.45, 2.75) is 0 Å². The van der Waals surface area contributed by atoms with Crippen molar-refractivity contribution in [2.75, 3.05) is 5.73 Å². The monoisotopic (exact) mass is 333 g/mol. The second-order valence-electron chi connectivity index (χ2n) is 4.10. The van der Waals surface area contributed by atoms with Gasteiger partial charge in [-0.25, -0.2) is 9.37 Å². The predicted octanol–water partition coefficient (Wildman–Crippen LogP) is 3.91. The van der Waals surface area contributed by atoms with Crippen LogP contribution in [0, 0.1) is 5.82 Å². The fourth-order valence-electron chi connectivity index (χ4n) is 1.84. The standard InChI is InChI=1S/C14H9BrFN3O/c15-8-6-10(16)14(19-7-8)20-12-4-3-11(17)13-9(12)2-1-5-18-13/h1-7H,17H2. The number of aromatic nitrogens is 2. The number of rotatable bonds is 2. The van der Waals surface area contributed by atoms with E-state index in [9.17, 15) is 4.39 Å². The number of nitrogen functional groups attached to an aromatic ring is 1. The van der Waals surface area contributed by atoms with Gasteiger partial charge >= 0.3 is 0 Å². The van der Waals surface area contributed by atoms with Crippen molar-refractivity contribution in [2.24, 2.45) is 0 Å². The summed E-state index contributed by atoms with van der Waals surface area (Å²) in [5.74, 6) is -0.188. The first-order valence-corrected chi connectivity index (χ1v) is 6.56. The lowest BCUT2D eigenvalue weighted by Crippen LogP contribution is -1.95. The van der Waals surface area contributed by atoms with Gasteiger partial charge in [-0.05, 0) is 46.3 Å². The molecule has 0 aliphatic carbocycles. The number of benzene rings is 1. The summed E-state index contributed by atoms with van der Waals surface area (Å²) in [6.45, 7) is 0. The van der Waals surface area contributed by atoms with Gasteiger partial charge in [0.25, 0.3) is 5.88 Å². The highest BCUT2D eigenvalue weighted by molar-refractivity contribution is 9.10. The van der Waals surface area contributed by atoms with E-state index < -0.39 is 5.82 Å². The molecule has 0 saturated carbocycles. The molecule has 0 aliphatic rings. The summed E-state index contributed by atoms with van der Waals surface area (Å²) >= 11 is 3.15. The molecule has 3 rings (SSSR count). The first-order chi connectivity index (χ1) is 9.65. The molecule has 0 saturated heterocycles. The van der Waals surface area contributed by atoms with Crippen LogP contribution in [0.3, 0.4) is 0 Å². The molecule has 2 N–H and O–H groups in total. The van der Waals surface area contributed by atoms with Crippen LogP contribution in [0.15, 0.2) is 47.2 Å². The zero-order chi connectivity index (χ0) is 14.1.